The number of carbonyl (C=O) groups excluding carboxylic acids is 1. The van der Waals surface area contributed by atoms with Crippen LogP contribution in [-0.2, 0) is 9.59 Å². The maximum Gasteiger partial charge on any atom is 0.394 e. The van der Waals surface area contributed by atoms with Crippen LogP contribution in [0.25, 0.3) is 0 Å². The third-order valence-corrected chi connectivity index (χ3v) is 4.97. The van der Waals surface area contributed by atoms with Gasteiger partial charge in [0.05, 0.1) is 5.69 Å². The number of ether oxygens (including phenoxy) is 1. The number of amides is 1. The highest BCUT2D eigenvalue weighted by molar-refractivity contribution is 6.36. The molecule has 8 nitrogen and oxygen atoms in total. The molecule has 2 aromatic rings. The Hall–Kier alpha value is -2.81. The summed E-state index contributed by atoms with van der Waals surface area (Å²) in [4.78, 5) is 24.3. The molecular formula is C21H24ClN3O5. The summed E-state index contributed by atoms with van der Waals surface area (Å²) in [7, 11) is 0. The third kappa shape index (κ3) is 6.35. The van der Waals surface area contributed by atoms with Gasteiger partial charge in [-0.05, 0) is 42.8 Å². The molecule has 0 radical (unpaired) electrons. The predicted molar refractivity (Wildman–Crippen MR) is 114 cm³/mol. The lowest BCUT2D eigenvalue weighted by molar-refractivity contribution is -0.147. The average molecular weight is 434 g/mol. The molecule has 160 valence electrons. The normalized spacial score (nSPS) is 17.3. The van der Waals surface area contributed by atoms with E-state index in [1.807, 2.05) is 24.3 Å². The Morgan fingerprint density at radius 2 is 1.93 bits per heavy atom. The number of nitrogens with one attached hydrogen (secondary N) is 2. The van der Waals surface area contributed by atoms with Crippen molar-refractivity contribution in [1.29, 1.82) is 0 Å². The van der Waals surface area contributed by atoms with Crippen LogP contribution in [0.3, 0.4) is 0 Å². The van der Waals surface area contributed by atoms with Crippen molar-refractivity contribution in [2.75, 3.05) is 36.9 Å². The summed E-state index contributed by atoms with van der Waals surface area (Å²) in [5, 5.41) is 25.5. The van der Waals surface area contributed by atoms with E-state index in [1.54, 1.807) is 18.2 Å². The van der Waals surface area contributed by atoms with Crippen LogP contribution >= 0.6 is 11.6 Å². The molecule has 1 saturated heterocycles. The van der Waals surface area contributed by atoms with Crippen LogP contribution in [0, 0.1) is 0 Å². The zero-order chi connectivity index (χ0) is 21.5. The van der Waals surface area contributed by atoms with Crippen molar-refractivity contribution in [2.45, 2.75) is 18.6 Å². The topological polar surface area (TPSA) is 111 Å². The van der Waals surface area contributed by atoms with E-state index < -0.39 is 18.0 Å². The molecule has 0 bridgehead atoms. The Balaban J connectivity index is 1.45. The van der Waals surface area contributed by atoms with Crippen LogP contribution in [0.2, 0.25) is 5.02 Å². The summed E-state index contributed by atoms with van der Waals surface area (Å²) in [5.41, 5.74) is 1.25. The van der Waals surface area contributed by atoms with E-state index in [0.717, 1.165) is 25.2 Å². The standard InChI is InChI=1S/C21H24ClN3O5/c22-14-5-7-15(8-6-14)23-16-9-10-25(11-16)12-17(26)13-30-19-4-2-1-3-18(19)24-20(27)21(28)29/h1-8,16-17,23,26H,9-13H2,(H,24,27)(H,28,29). The summed E-state index contributed by atoms with van der Waals surface area (Å²) in [6, 6.07) is 14.3. The van der Waals surface area contributed by atoms with Gasteiger partial charge in [0.1, 0.15) is 18.5 Å². The molecule has 2 unspecified atom stereocenters. The van der Waals surface area contributed by atoms with Crippen LogP contribution in [0.4, 0.5) is 11.4 Å². The fraction of sp³-hybridized carbons (Fsp3) is 0.333. The third-order valence-electron chi connectivity index (χ3n) is 4.72. The van der Waals surface area contributed by atoms with E-state index in [9.17, 15) is 14.7 Å². The monoisotopic (exact) mass is 433 g/mol. The fourth-order valence-corrected chi connectivity index (χ4v) is 3.43. The lowest BCUT2D eigenvalue weighted by atomic mass is 10.2. The number of halogens is 1. The van der Waals surface area contributed by atoms with E-state index >= 15 is 0 Å². The highest BCUT2D eigenvalue weighted by Gasteiger charge is 2.24. The summed E-state index contributed by atoms with van der Waals surface area (Å²) in [6.07, 6.45) is 0.225. The van der Waals surface area contributed by atoms with Crippen LogP contribution in [0.5, 0.6) is 5.75 Å². The minimum atomic E-state index is -1.58. The molecule has 1 amide bonds. The Kier molecular flexibility index (Phi) is 7.51. The van der Waals surface area contributed by atoms with Gasteiger partial charge in [-0.25, -0.2) is 4.79 Å². The summed E-state index contributed by atoms with van der Waals surface area (Å²) < 4.78 is 5.61. The van der Waals surface area contributed by atoms with E-state index in [4.69, 9.17) is 21.4 Å². The number of carboxylic acid groups (broad SMARTS) is 1. The molecule has 0 spiro atoms. The number of likely N-dealkylation sites (tertiary alicyclic amines) is 1. The molecule has 1 aliphatic heterocycles. The van der Waals surface area contributed by atoms with Crippen molar-refractivity contribution in [3.05, 3.63) is 53.6 Å². The highest BCUT2D eigenvalue weighted by atomic mass is 35.5. The lowest BCUT2D eigenvalue weighted by Crippen LogP contribution is -2.35. The number of aliphatic carboxylic acids is 1. The molecule has 9 heteroatoms. The minimum absolute atomic E-state index is 0.0196. The molecule has 1 heterocycles. The first-order valence-electron chi connectivity index (χ1n) is 9.59. The van der Waals surface area contributed by atoms with Crippen molar-refractivity contribution < 1.29 is 24.5 Å². The zero-order valence-electron chi connectivity index (χ0n) is 16.3. The number of nitrogens with zero attached hydrogens (tertiary/aromatic N) is 1. The predicted octanol–water partition coefficient (Wildman–Crippen LogP) is 2.29. The second-order valence-corrected chi connectivity index (χ2v) is 7.55. The van der Waals surface area contributed by atoms with Crippen LogP contribution in [-0.4, -0.2) is 65.4 Å². The molecule has 2 atom stereocenters. The molecule has 1 aliphatic rings. The number of carbonyl (C=O) groups is 2. The lowest BCUT2D eigenvalue weighted by Gasteiger charge is -2.21. The quantitative estimate of drug-likeness (QED) is 0.472. The first kappa shape index (κ1) is 21.9. The largest absolute Gasteiger partial charge is 0.489 e. The number of aliphatic hydroxyl groups excluding tert-OH is 1. The average Bonchev–Trinajstić information content (AvgIpc) is 3.15. The number of para-hydroxylation sites is 2. The maximum atomic E-state index is 11.4. The van der Waals surface area contributed by atoms with Crippen molar-refractivity contribution in [3.8, 4) is 5.75 Å². The van der Waals surface area contributed by atoms with Gasteiger partial charge in [-0.1, -0.05) is 23.7 Å². The Labute approximate surface area is 179 Å². The Morgan fingerprint density at radius 3 is 2.67 bits per heavy atom. The van der Waals surface area contributed by atoms with Gasteiger partial charge in [-0.15, -0.1) is 0 Å². The van der Waals surface area contributed by atoms with Crippen molar-refractivity contribution >= 4 is 34.9 Å². The fourth-order valence-electron chi connectivity index (χ4n) is 3.31. The number of anilines is 2. The second-order valence-electron chi connectivity index (χ2n) is 7.12. The molecule has 1 fully saturated rings. The second kappa shape index (κ2) is 10.3. The van der Waals surface area contributed by atoms with E-state index in [1.165, 1.54) is 6.07 Å². The number of β-amino-alcohol motifs (C(OH)–C–C–N with tert-alkyl or cyclic N) is 1. The van der Waals surface area contributed by atoms with Gasteiger partial charge in [0.15, 0.2) is 0 Å². The highest BCUT2D eigenvalue weighted by Crippen LogP contribution is 2.24. The van der Waals surface area contributed by atoms with Gasteiger partial charge in [-0.2, -0.15) is 0 Å². The number of aliphatic hydroxyl groups is 1. The molecular weight excluding hydrogens is 410 g/mol. The Morgan fingerprint density at radius 1 is 1.20 bits per heavy atom. The SMILES string of the molecule is O=C(O)C(=O)Nc1ccccc1OCC(O)CN1CCC(Nc2ccc(Cl)cc2)C1. The van der Waals surface area contributed by atoms with Gasteiger partial charge in [-0.3, -0.25) is 9.69 Å². The molecule has 2 aromatic carbocycles. The molecule has 0 saturated carbocycles. The van der Waals surface area contributed by atoms with Gasteiger partial charge >= 0.3 is 11.9 Å². The number of hydrogen-bond acceptors (Lipinski definition) is 6. The zero-order valence-corrected chi connectivity index (χ0v) is 17.0. The summed E-state index contributed by atoms with van der Waals surface area (Å²) >= 11 is 5.91. The number of benzene rings is 2. The minimum Gasteiger partial charge on any atom is -0.489 e. The number of hydrogen-bond donors (Lipinski definition) is 4. The Bertz CT molecular complexity index is 877. The maximum absolute atomic E-state index is 11.4. The van der Waals surface area contributed by atoms with Crippen LogP contribution in [0.15, 0.2) is 48.5 Å². The van der Waals surface area contributed by atoms with E-state index in [-0.39, 0.29) is 18.3 Å². The molecule has 0 aromatic heterocycles. The van der Waals surface area contributed by atoms with Crippen molar-refractivity contribution in [3.63, 3.8) is 0 Å². The number of rotatable bonds is 8. The van der Waals surface area contributed by atoms with Crippen molar-refractivity contribution in [1.82, 2.24) is 4.90 Å². The first-order valence-corrected chi connectivity index (χ1v) is 9.97. The van der Waals surface area contributed by atoms with Crippen LogP contribution in [0.1, 0.15) is 6.42 Å². The van der Waals surface area contributed by atoms with Gasteiger partial charge in [0.2, 0.25) is 0 Å². The molecule has 4 N–H and O–H groups in total. The van der Waals surface area contributed by atoms with E-state index in [0.29, 0.717) is 17.3 Å². The van der Waals surface area contributed by atoms with Gasteiger partial charge < -0.3 is 25.6 Å². The van der Waals surface area contributed by atoms with Crippen LogP contribution < -0.4 is 15.4 Å². The first-order chi connectivity index (χ1) is 14.4. The summed E-state index contributed by atoms with van der Waals surface area (Å²) in [5.74, 6) is -2.43. The molecule has 3 rings (SSSR count). The van der Waals surface area contributed by atoms with Gasteiger partial charge in [0.25, 0.3) is 0 Å². The molecule has 0 aliphatic carbocycles. The van der Waals surface area contributed by atoms with E-state index in [2.05, 4.69) is 15.5 Å². The summed E-state index contributed by atoms with van der Waals surface area (Å²) in [6.45, 7) is 2.12. The molecule has 30 heavy (non-hydrogen) atoms. The smallest absolute Gasteiger partial charge is 0.394 e. The number of carboxylic acids is 1. The van der Waals surface area contributed by atoms with Gasteiger partial charge in [0, 0.05) is 36.4 Å². The van der Waals surface area contributed by atoms with Crippen molar-refractivity contribution in [2.24, 2.45) is 0 Å².